The number of carbonyl (C=O) groups is 1. The third-order valence-corrected chi connectivity index (χ3v) is 8.51. The summed E-state index contributed by atoms with van der Waals surface area (Å²) >= 11 is 1.65. The van der Waals surface area contributed by atoms with Crippen molar-refractivity contribution in [3.8, 4) is 0 Å². The van der Waals surface area contributed by atoms with Crippen LogP contribution in [0, 0.1) is 23.1 Å². The average Bonchev–Trinajstić information content (AvgIpc) is 2.97. The van der Waals surface area contributed by atoms with Crippen molar-refractivity contribution in [3.05, 3.63) is 35.1 Å². The number of hydrogen-bond donors (Lipinski definition) is 0. The molecule has 2 aliphatic carbocycles. The predicted molar refractivity (Wildman–Crippen MR) is 112 cm³/mol. The molecule has 0 bridgehead atoms. The molecule has 1 aliphatic heterocycles. The van der Waals surface area contributed by atoms with E-state index in [-0.39, 0.29) is 35.0 Å². The number of ether oxygens (including phenoxy) is 1. The van der Waals surface area contributed by atoms with E-state index in [0.29, 0.717) is 12.0 Å². The lowest BCUT2D eigenvalue weighted by Gasteiger charge is -2.50. The quantitative estimate of drug-likeness (QED) is 0.685. The Morgan fingerprint density at radius 2 is 2.04 bits per heavy atom. The summed E-state index contributed by atoms with van der Waals surface area (Å²) in [6, 6.07) is 5.23. The molecule has 3 aliphatic rings. The van der Waals surface area contributed by atoms with Crippen LogP contribution in [-0.4, -0.2) is 30.3 Å². The number of carbonyl (C=O) groups excluding carboxylic acids is 1. The average molecular weight is 404 g/mol. The van der Waals surface area contributed by atoms with Crippen molar-refractivity contribution in [2.75, 3.05) is 13.4 Å². The molecule has 0 aromatic heterocycles. The molecule has 5 heteroatoms. The summed E-state index contributed by atoms with van der Waals surface area (Å²) in [4.78, 5) is 19.3. The summed E-state index contributed by atoms with van der Waals surface area (Å²) in [7, 11) is 1.76. The summed E-state index contributed by atoms with van der Waals surface area (Å²) in [5.74, 6) is 0.0813. The zero-order valence-electron chi connectivity index (χ0n) is 17.3. The first-order chi connectivity index (χ1) is 13.4. The number of ketones is 1. The molecule has 1 aromatic rings. The Balaban J connectivity index is 1.96. The second kappa shape index (κ2) is 7.24. The first-order valence-corrected chi connectivity index (χ1v) is 11.6. The highest BCUT2D eigenvalue weighted by Crippen LogP contribution is 2.63. The smallest absolute Gasteiger partial charge is 0.169 e. The topological polar surface area (TPSA) is 38.7 Å². The number of methoxy groups -OCH3 is 1. The summed E-state index contributed by atoms with van der Waals surface area (Å²) in [5.41, 5.74) is 0.262. The molecule has 2 spiro atoms. The van der Waals surface area contributed by atoms with E-state index in [1.54, 1.807) is 24.9 Å². The van der Waals surface area contributed by atoms with Crippen LogP contribution in [0.5, 0.6) is 0 Å². The van der Waals surface area contributed by atoms with Gasteiger partial charge in [0.1, 0.15) is 5.82 Å². The molecule has 1 aromatic carbocycles. The van der Waals surface area contributed by atoms with Gasteiger partial charge in [-0.25, -0.2) is 4.39 Å². The van der Waals surface area contributed by atoms with Gasteiger partial charge in [0.25, 0.3) is 0 Å². The minimum absolute atomic E-state index is 0.0637. The molecule has 3 atom stereocenters. The third-order valence-electron chi connectivity index (χ3n) is 7.63. The number of halogens is 1. The number of benzene rings is 1. The van der Waals surface area contributed by atoms with Crippen LogP contribution in [0.15, 0.2) is 23.2 Å². The van der Waals surface area contributed by atoms with E-state index in [0.717, 1.165) is 42.7 Å². The van der Waals surface area contributed by atoms with Crippen molar-refractivity contribution in [3.63, 3.8) is 0 Å². The molecule has 4 rings (SSSR count). The van der Waals surface area contributed by atoms with E-state index in [1.807, 2.05) is 12.3 Å². The predicted octanol–water partition coefficient (Wildman–Crippen LogP) is 5.16. The van der Waals surface area contributed by atoms with Crippen molar-refractivity contribution in [2.24, 2.45) is 22.2 Å². The summed E-state index contributed by atoms with van der Waals surface area (Å²) in [5, 5.41) is 1.04. The van der Waals surface area contributed by atoms with E-state index >= 15 is 0 Å². The number of fused-ring (bicyclic) bond motifs is 3. The molecule has 0 saturated heterocycles. The molecule has 1 heterocycles. The number of Topliss-reactive ketones (excluding diaryl/α,β-unsaturated/α-hetero) is 1. The number of nitrogens with zero attached hydrogens (tertiary/aromatic N) is 1. The maximum atomic E-state index is 14.9. The molecule has 0 amide bonds. The van der Waals surface area contributed by atoms with Crippen LogP contribution in [-0.2, 0) is 21.5 Å². The molecular weight excluding hydrogens is 373 g/mol. The van der Waals surface area contributed by atoms with E-state index < -0.39 is 5.54 Å². The van der Waals surface area contributed by atoms with Crippen molar-refractivity contribution in [1.29, 1.82) is 0 Å². The fraction of sp³-hybridized carbons (Fsp3) is 0.652. The summed E-state index contributed by atoms with van der Waals surface area (Å²) in [6.07, 6.45) is 7.16. The Morgan fingerprint density at radius 3 is 2.64 bits per heavy atom. The molecule has 28 heavy (non-hydrogen) atoms. The fourth-order valence-corrected chi connectivity index (χ4v) is 6.84. The van der Waals surface area contributed by atoms with Gasteiger partial charge in [-0.2, -0.15) is 0 Å². The number of rotatable bonds is 2. The Hall–Kier alpha value is -1.20. The van der Waals surface area contributed by atoms with Crippen LogP contribution in [0.3, 0.4) is 0 Å². The molecule has 1 fully saturated rings. The molecule has 3 unspecified atom stereocenters. The number of thioether (sulfide) groups is 1. The Labute approximate surface area is 171 Å². The van der Waals surface area contributed by atoms with E-state index in [1.165, 1.54) is 6.07 Å². The van der Waals surface area contributed by atoms with Crippen LogP contribution >= 0.6 is 11.8 Å². The van der Waals surface area contributed by atoms with Gasteiger partial charge in [0, 0.05) is 24.4 Å². The zero-order valence-corrected chi connectivity index (χ0v) is 18.1. The van der Waals surface area contributed by atoms with Gasteiger partial charge >= 0.3 is 0 Å². The second-order valence-electron chi connectivity index (χ2n) is 8.69. The van der Waals surface area contributed by atoms with Gasteiger partial charge in [-0.15, -0.1) is 11.8 Å². The van der Waals surface area contributed by atoms with Gasteiger partial charge in [-0.05, 0) is 62.0 Å². The van der Waals surface area contributed by atoms with Crippen molar-refractivity contribution < 1.29 is 13.9 Å². The minimum atomic E-state index is -0.936. The van der Waals surface area contributed by atoms with E-state index in [4.69, 9.17) is 9.73 Å². The van der Waals surface area contributed by atoms with E-state index in [9.17, 15) is 9.18 Å². The minimum Gasteiger partial charge on any atom is -0.381 e. The number of hydrogen-bond acceptors (Lipinski definition) is 4. The maximum absolute atomic E-state index is 14.9. The first-order valence-electron chi connectivity index (χ1n) is 10.4. The van der Waals surface area contributed by atoms with Gasteiger partial charge in [0.15, 0.2) is 11.3 Å². The fourth-order valence-electron chi connectivity index (χ4n) is 6.08. The largest absolute Gasteiger partial charge is 0.381 e. The summed E-state index contributed by atoms with van der Waals surface area (Å²) < 4.78 is 20.5. The van der Waals surface area contributed by atoms with Crippen LogP contribution in [0.2, 0.25) is 0 Å². The third kappa shape index (κ3) is 2.58. The van der Waals surface area contributed by atoms with Gasteiger partial charge in [-0.1, -0.05) is 26.0 Å². The molecular formula is C23H30FNO2S. The molecule has 3 nitrogen and oxygen atoms in total. The van der Waals surface area contributed by atoms with Crippen molar-refractivity contribution in [2.45, 2.75) is 64.0 Å². The highest BCUT2D eigenvalue weighted by atomic mass is 32.2. The van der Waals surface area contributed by atoms with Crippen LogP contribution < -0.4 is 0 Å². The highest BCUT2D eigenvalue weighted by molar-refractivity contribution is 8.13. The van der Waals surface area contributed by atoms with E-state index in [2.05, 4.69) is 13.8 Å². The van der Waals surface area contributed by atoms with Crippen molar-refractivity contribution in [1.82, 2.24) is 0 Å². The molecule has 0 N–H and O–H groups in total. The van der Waals surface area contributed by atoms with Crippen LogP contribution in [0.25, 0.3) is 0 Å². The zero-order chi connectivity index (χ0) is 20.1. The summed E-state index contributed by atoms with van der Waals surface area (Å²) in [6.45, 7) is 4.20. The van der Waals surface area contributed by atoms with Crippen LogP contribution in [0.4, 0.5) is 4.39 Å². The van der Waals surface area contributed by atoms with Crippen molar-refractivity contribution >= 4 is 22.6 Å². The highest BCUT2D eigenvalue weighted by Gasteiger charge is 2.65. The monoisotopic (exact) mass is 403 g/mol. The molecule has 152 valence electrons. The lowest BCUT2D eigenvalue weighted by molar-refractivity contribution is -0.137. The van der Waals surface area contributed by atoms with Crippen LogP contribution in [0.1, 0.15) is 57.1 Å². The van der Waals surface area contributed by atoms with Gasteiger partial charge in [-0.3, -0.25) is 9.79 Å². The maximum Gasteiger partial charge on any atom is 0.169 e. The Kier molecular flexibility index (Phi) is 5.20. The first kappa shape index (κ1) is 20.1. The Morgan fingerprint density at radius 1 is 1.32 bits per heavy atom. The van der Waals surface area contributed by atoms with Gasteiger partial charge in [0.2, 0.25) is 0 Å². The lowest BCUT2D eigenvalue weighted by atomic mass is 9.57. The van der Waals surface area contributed by atoms with Gasteiger partial charge < -0.3 is 4.74 Å². The SMILES string of the molecule is CCC1C(=O)C2(N=C(SC)C1C)c1cccc(F)c1CC21CCC(OC)CC1. The standard InChI is InChI=1S/C23H30FNO2S/c1-5-16-14(2)21(28-4)25-23(20(16)26)18-7-6-8-19(24)17(18)13-22(23)11-9-15(27-3)10-12-22/h6-8,14-16H,5,9-13H2,1-4H3. The number of aliphatic imine (C=N–C) groups is 1. The lowest BCUT2D eigenvalue weighted by Crippen LogP contribution is -2.56. The Bertz CT molecular complexity index is 815. The normalized spacial score (nSPS) is 37.4. The molecule has 1 saturated carbocycles. The second-order valence-corrected chi connectivity index (χ2v) is 9.52. The molecule has 0 radical (unpaired) electrons. The van der Waals surface area contributed by atoms with Gasteiger partial charge in [0.05, 0.1) is 11.1 Å².